The van der Waals surface area contributed by atoms with Crippen LogP contribution in [0.15, 0.2) is 60.9 Å². The molecule has 9 heteroatoms. The molecule has 0 saturated carbocycles. The normalized spacial score (nSPS) is 13.7. The Labute approximate surface area is 184 Å². The van der Waals surface area contributed by atoms with Crippen LogP contribution in [0.3, 0.4) is 0 Å². The van der Waals surface area contributed by atoms with Crippen molar-refractivity contribution in [2.24, 2.45) is 0 Å². The Morgan fingerprint density at radius 3 is 2.32 bits per heavy atom. The molecule has 0 spiro atoms. The summed E-state index contributed by atoms with van der Waals surface area (Å²) in [6.45, 7) is 2.62. The molecule has 3 aromatic rings. The SMILES string of the molecule is O=C(Nc1ccc(N2CCN(c3ncccn3)CC2)c(C(=O)O)c1)c1cccc(Cl)c1. The van der Waals surface area contributed by atoms with E-state index in [1.54, 1.807) is 54.9 Å². The number of halogens is 1. The first kappa shape index (κ1) is 20.6. The predicted octanol–water partition coefficient (Wildman–Crippen LogP) is 3.41. The van der Waals surface area contributed by atoms with E-state index < -0.39 is 5.97 Å². The van der Waals surface area contributed by atoms with Crippen molar-refractivity contribution in [2.75, 3.05) is 41.3 Å². The molecule has 158 valence electrons. The number of hydrogen-bond acceptors (Lipinski definition) is 6. The number of piperazine rings is 1. The average molecular weight is 438 g/mol. The van der Waals surface area contributed by atoms with Gasteiger partial charge in [0.25, 0.3) is 5.91 Å². The second-order valence-electron chi connectivity index (χ2n) is 7.02. The molecule has 0 aliphatic carbocycles. The van der Waals surface area contributed by atoms with Gasteiger partial charge >= 0.3 is 5.97 Å². The fourth-order valence-corrected chi connectivity index (χ4v) is 3.69. The van der Waals surface area contributed by atoms with Crippen molar-refractivity contribution in [1.29, 1.82) is 0 Å². The number of anilines is 3. The molecule has 1 aliphatic heterocycles. The molecule has 2 aromatic carbocycles. The Hall–Kier alpha value is -3.65. The molecule has 0 atom stereocenters. The Bertz CT molecular complexity index is 1100. The number of rotatable bonds is 5. The molecule has 2 N–H and O–H groups in total. The topological polar surface area (TPSA) is 98.7 Å². The minimum Gasteiger partial charge on any atom is -0.478 e. The highest BCUT2D eigenvalue weighted by Gasteiger charge is 2.23. The average Bonchev–Trinajstić information content (AvgIpc) is 2.80. The number of carboxylic acid groups (broad SMARTS) is 1. The number of carboxylic acids is 1. The maximum Gasteiger partial charge on any atom is 0.337 e. The second-order valence-corrected chi connectivity index (χ2v) is 7.46. The lowest BCUT2D eigenvalue weighted by molar-refractivity contribution is 0.0697. The van der Waals surface area contributed by atoms with Crippen molar-refractivity contribution in [2.45, 2.75) is 0 Å². The van der Waals surface area contributed by atoms with E-state index in [0.717, 1.165) is 0 Å². The van der Waals surface area contributed by atoms with E-state index >= 15 is 0 Å². The van der Waals surface area contributed by atoms with Crippen molar-refractivity contribution < 1.29 is 14.7 Å². The van der Waals surface area contributed by atoms with Gasteiger partial charge in [-0.2, -0.15) is 0 Å². The van der Waals surface area contributed by atoms with Gasteiger partial charge in [-0.1, -0.05) is 17.7 Å². The van der Waals surface area contributed by atoms with Crippen LogP contribution in [0.4, 0.5) is 17.3 Å². The summed E-state index contributed by atoms with van der Waals surface area (Å²) in [6, 6.07) is 13.2. The zero-order chi connectivity index (χ0) is 21.8. The van der Waals surface area contributed by atoms with Crippen LogP contribution in [0, 0.1) is 0 Å². The van der Waals surface area contributed by atoms with Crippen LogP contribution in [0.1, 0.15) is 20.7 Å². The third-order valence-corrected chi connectivity index (χ3v) is 5.26. The molecule has 1 aliphatic rings. The number of amides is 1. The molecule has 0 unspecified atom stereocenters. The van der Waals surface area contributed by atoms with E-state index in [0.29, 0.717) is 54.1 Å². The van der Waals surface area contributed by atoms with Gasteiger partial charge in [0.2, 0.25) is 5.95 Å². The number of aromatic nitrogens is 2. The largest absolute Gasteiger partial charge is 0.478 e. The molecule has 1 saturated heterocycles. The van der Waals surface area contributed by atoms with Crippen molar-refractivity contribution in [3.8, 4) is 0 Å². The zero-order valence-corrected chi connectivity index (χ0v) is 17.3. The van der Waals surface area contributed by atoms with Gasteiger partial charge in [-0.15, -0.1) is 0 Å². The van der Waals surface area contributed by atoms with E-state index in [4.69, 9.17) is 11.6 Å². The van der Waals surface area contributed by atoms with Crippen LogP contribution in [0.2, 0.25) is 5.02 Å². The molecule has 1 fully saturated rings. The van der Waals surface area contributed by atoms with E-state index in [1.807, 2.05) is 4.90 Å². The monoisotopic (exact) mass is 437 g/mol. The summed E-state index contributed by atoms with van der Waals surface area (Å²) in [5.41, 5.74) is 1.55. The molecule has 8 nitrogen and oxygen atoms in total. The third-order valence-electron chi connectivity index (χ3n) is 5.03. The second kappa shape index (κ2) is 9.01. The number of aromatic carboxylic acids is 1. The van der Waals surface area contributed by atoms with Crippen LogP contribution in [0.5, 0.6) is 0 Å². The lowest BCUT2D eigenvalue weighted by Gasteiger charge is -2.36. The fraction of sp³-hybridized carbons (Fsp3) is 0.182. The van der Waals surface area contributed by atoms with Crippen LogP contribution < -0.4 is 15.1 Å². The Kier molecular flexibility index (Phi) is 5.99. The summed E-state index contributed by atoms with van der Waals surface area (Å²) in [5.74, 6) is -0.745. The number of carbonyl (C=O) groups excluding carboxylic acids is 1. The molecule has 0 bridgehead atoms. The highest BCUT2D eigenvalue weighted by Crippen LogP contribution is 2.27. The zero-order valence-electron chi connectivity index (χ0n) is 16.5. The molecular formula is C22H20ClN5O3. The fourth-order valence-electron chi connectivity index (χ4n) is 3.50. The molecular weight excluding hydrogens is 418 g/mol. The summed E-state index contributed by atoms with van der Waals surface area (Å²) in [4.78, 5) is 37.0. The van der Waals surface area contributed by atoms with Crippen molar-refractivity contribution in [3.63, 3.8) is 0 Å². The number of carbonyl (C=O) groups is 2. The standard InChI is InChI=1S/C22H20ClN5O3/c23-16-4-1-3-15(13-16)20(29)26-17-5-6-19(18(14-17)21(30)31)27-9-11-28(12-10-27)22-24-7-2-8-25-22/h1-8,13-14H,9-12H2,(H,26,29)(H,30,31). The third kappa shape index (κ3) is 4.75. The smallest absolute Gasteiger partial charge is 0.337 e. The molecule has 1 aromatic heterocycles. The maximum atomic E-state index is 12.5. The Morgan fingerprint density at radius 2 is 1.65 bits per heavy atom. The minimum absolute atomic E-state index is 0.133. The number of hydrogen-bond donors (Lipinski definition) is 2. The van der Waals surface area contributed by atoms with Gasteiger partial charge in [-0.25, -0.2) is 14.8 Å². The predicted molar refractivity (Wildman–Crippen MR) is 119 cm³/mol. The minimum atomic E-state index is -1.05. The highest BCUT2D eigenvalue weighted by molar-refractivity contribution is 6.31. The Morgan fingerprint density at radius 1 is 0.935 bits per heavy atom. The van der Waals surface area contributed by atoms with Gasteiger partial charge in [-0.05, 0) is 42.5 Å². The van der Waals surface area contributed by atoms with Crippen molar-refractivity contribution >= 4 is 40.8 Å². The number of benzene rings is 2. The molecule has 0 radical (unpaired) electrons. The summed E-state index contributed by atoms with van der Waals surface area (Å²) >= 11 is 5.94. The quantitative estimate of drug-likeness (QED) is 0.631. The van der Waals surface area contributed by atoms with Crippen LogP contribution in [0.25, 0.3) is 0 Å². The van der Waals surface area contributed by atoms with Crippen molar-refractivity contribution in [3.05, 3.63) is 77.1 Å². The van der Waals surface area contributed by atoms with E-state index in [9.17, 15) is 14.7 Å². The lowest BCUT2D eigenvalue weighted by atomic mass is 10.1. The first-order valence-corrected chi connectivity index (χ1v) is 10.1. The first-order valence-electron chi connectivity index (χ1n) is 9.72. The number of nitrogens with one attached hydrogen (secondary N) is 1. The van der Waals surface area contributed by atoms with Crippen LogP contribution in [-0.2, 0) is 0 Å². The Balaban J connectivity index is 1.49. The van der Waals surface area contributed by atoms with E-state index in [2.05, 4.69) is 20.2 Å². The molecule has 4 rings (SSSR count). The first-order chi connectivity index (χ1) is 15.0. The van der Waals surface area contributed by atoms with Gasteiger partial charge < -0.3 is 20.2 Å². The number of nitrogens with zero attached hydrogens (tertiary/aromatic N) is 4. The molecule has 31 heavy (non-hydrogen) atoms. The summed E-state index contributed by atoms with van der Waals surface area (Å²) in [5, 5.41) is 12.9. The lowest BCUT2D eigenvalue weighted by Crippen LogP contribution is -2.47. The van der Waals surface area contributed by atoms with Gasteiger partial charge in [0, 0.05) is 54.8 Å². The van der Waals surface area contributed by atoms with Gasteiger partial charge in [-0.3, -0.25) is 4.79 Å². The molecule has 1 amide bonds. The van der Waals surface area contributed by atoms with Gasteiger partial charge in [0.15, 0.2) is 0 Å². The summed E-state index contributed by atoms with van der Waals surface area (Å²) in [7, 11) is 0. The summed E-state index contributed by atoms with van der Waals surface area (Å²) < 4.78 is 0. The maximum absolute atomic E-state index is 12.5. The summed E-state index contributed by atoms with van der Waals surface area (Å²) in [6.07, 6.45) is 3.40. The van der Waals surface area contributed by atoms with Crippen LogP contribution in [-0.4, -0.2) is 53.1 Å². The van der Waals surface area contributed by atoms with Gasteiger partial charge in [0.1, 0.15) is 0 Å². The van der Waals surface area contributed by atoms with Gasteiger partial charge in [0.05, 0.1) is 11.3 Å². The molecule has 2 heterocycles. The van der Waals surface area contributed by atoms with E-state index in [-0.39, 0.29) is 11.5 Å². The highest BCUT2D eigenvalue weighted by atomic mass is 35.5. The van der Waals surface area contributed by atoms with Crippen molar-refractivity contribution in [1.82, 2.24) is 9.97 Å². The van der Waals surface area contributed by atoms with Crippen LogP contribution >= 0.6 is 11.6 Å². The van der Waals surface area contributed by atoms with E-state index in [1.165, 1.54) is 6.07 Å².